The van der Waals surface area contributed by atoms with Gasteiger partial charge in [-0.2, -0.15) is 4.98 Å². The highest BCUT2D eigenvalue weighted by atomic mass is 79.9. The Morgan fingerprint density at radius 1 is 1.21 bits per heavy atom. The summed E-state index contributed by atoms with van der Waals surface area (Å²) in [6.45, 7) is 3.64. The minimum Gasteiger partial charge on any atom is -0.338 e. The first-order chi connectivity index (χ1) is 9.17. The van der Waals surface area contributed by atoms with E-state index < -0.39 is 0 Å². The van der Waals surface area contributed by atoms with Crippen LogP contribution < -0.4 is 0 Å². The zero-order valence-corrected chi connectivity index (χ0v) is 12.9. The molecule has 0 bridgehead atoms. The van der Waals surface area contributed by atoms with Crippen LogP contribution in [0, 0.1) is 0 Å². The van der Waals surface area contributed by atoms with Crippen molar-refractivity contribution in [2.24, 2.45) is 0 Å². The van der Waals surface area contributed by atoms with Crippen LogP contribution in [0.25, 0.3) is 0 Å². The summed E-state index contributed by atoms with van der Waals surface area (Å²) < 4.78 is 6.33. The number of hydrogen-bond donors (Lipinski definition) is 0. The molecule has 0 N–H and O–H groups in total. The van der Waals surface area contributed by atoms with E-state index in [-0.39, 0.29) is 0 Å². The monoisotopic (exact) mass is 323 g/mol. The fraction of sp³-hybridized carbons (Fsp3) is 0.429. The molecule has 1 aromatic carbocycles. The second-order valence-corrected chi connectivity index (χ2v) is 5.57. The molecule has 1 aromatic heterocycles. The van der Waals surface area contributed by atoms with Crippen molar-refractivity contribution >= 4 is 15.9 Å². The molecule has 0 fully saturated rings. The molecule has 0 unspecified atom stereocenters. The van der Waals surface area contributed by atoms with Gasteiger partial charge in [0.05, 0.1) is 6.54 Å². The van der Waals surface area contributed by atoms with E-state index in [1.807, 2.05) is 7.05 Å². The first-order valence-electron chi connectivity index (χ1n) is 6.42. The van der Waals surface area contributed by atoms with Gasteiger partial charge in [-0.25, -0.2) is 0 Å². The van der Waals surface area contributed by atoms with Crippen LogP contribution >= 0.6 is 15.9 Å². The van der Waals surface area contributed by atoms with Gasteiger partial charge in [-0.15, -0.1) is 0 Å². The van der Waals surface area contributed by atoms with Crippen molar-refractivity contribution in [2.45, 2.75) is 32.9 Å². The number of halogens is 1. The molecule has 2 aromatic rings. The third kappa shape index (κ3) is 4.44. The Labute approximate surface area is 121 Å². The normalized spacial score (nSPS) is 11.2. The summed E-state index contributed by atoms with van der Waals surface area (Å²) in [7, 11) is 2.05. The molecule has 5 heteroatoms. The summed E-state index contributed by atoms with van der Waals surface area (Å²) >= 11 is 3.44. The molecule has 0 amide bonds. The van der Waals surface area contributed by atoms with Crippen LogP contribution in [0.4, 0.5) is 0 Å². The zero-order chi connectivity index (χ0) is 13.7. The molecule has 2 rings (SSSR count). The average molecular weight is 324 g/mol. The Bertz CT molecular complexity index is 510. The number of aryl methyl sites for hydroxylation is 1. The number of hydrogen-bond acceptors (Lipinski definition) is 4. The molecule has 0 saturated carbocycles. The first-order valence-corrected chi connectivity index (χ1v) is 7.21. The number of rotatable bonds is 6. The second kappa shape index (κ2) is 6.82. The molecule has 0 spiro atoms. The molecular formula is C14H18BrN3O. The summed E-state index contributed by atoms with van der Waals surface area (Å²) in [4.78, 5) is 6.53. The smallest absolute Gasteiger partial charge is 0.240 e. The first kappa shape index (κ1) is 14.2. The molecule has 0 aliphatic rings. The molecule has 0 aliphatic carbocycles. The predicted octanol–water partition coefficient (Wildman–Crippen LogP) is 3.42. The van der Waals surface area contributed by atoms with E-state index in [4.69, 9.17) is 4.52 Å². The Balaban J connectivity index is 1.89. The maximum atomic E-state index is 5.23. The van der Waals surface area contributed by atoms with E-state index in [2.05, 4.69) is 62.2 Å². The lowest BCUT2D eigenvalue weighted by Gasteiger charge is -2.14. The summed E-state index contributed by atoms with van der Waals surface area (Å²) in [5.41, 5.74) is 1.26. The highest BCUT2D eigenvalue weighted by Gasteiger charge is 2.09. The van der Waals surface area contributed by atoms with Crippen LogP contribution in [-0.4, -0.2) is 22.1 Å². The van der Waals surface area contributed by atoms with Crippen LogP contribution in [0.3, 0.4) is 0 Å². The summed E-state index contributed by atoms with van der Waals surface area (Å²) in [5.74, 6) is 1.48. The summed E-state index contributed by atoms with van der Waals surface area (Å²) in [5, 5.41) is 3.96. The molecule has 0 aliphatic heterocycles. The molecule has 1 heterocycles. The maximum Gasteiger partial charge on any atom is 0.240 e. The highest BCUT2D eigenvalue weighted by Crippen LogP contribution is 2.12. The van der Waals surface area contributed by atoms with E-state index in [0.717, 1.165) is 29.7 Å². The Morgan fingerprint density at radius 3 is 2.63 bits per heavy atom. The molecule has 102 valence electrons. The number of benzene rings is 1. The van der Waals surface area contributed by atoms with E-state index in [0.29, 0.717) is 12.4 Å². The van der Waals surface area contributed by atoms with Gasteiger partial charge in [0.1, 0.15) is 0 Å². The second-order valence-electron chi connectivity index (χ2n) is 4.65. The zero-order valence-electron chi connectivity index (χ0n) is 11.3. The summed E-state index contributed by atoms with van der Waals surface area (Å²) in [6, 6.07) is 8.32. The largest absolute Gasteiger partial charge is 0.338 e. The molecule has 19 heavy (non-hydrogen) atoms. The highest BCUT2D eigenvalue weighted by molar-refractivity contribution is 9.10. The standard InChI is InChI=1S/C14H18BrN3O/c1-3-4-13-16-14(19-17-13)10-18(2)9-11-5-7-12(15)8-6-11/h5-8H,3-4,9-10H2,1-2H3. The lowest BCUT2D eigenvalue weighted by Crippen LogP contribution is -2.17. The van der Waals surface area contributed by atoms with Gasteiger partial charge >= 0.3 is 0 Å². The lowest BCUT2D eigenvalue weighted by atomic mass is 10.2. The Kier molecular flexibility index (Phi) is 5.10. The van der Waals surface area contributed by atoms with Crippen molar-refractivity contribution in [1.82, 2.24) is 15.0 Å². The average Bonchev–Trinajstić information content (AvgIpc) is 2.80. The van der Waals surface area contributed by atoms with Crippen molar-refractivity contribution in [3.05, 3.63) is 46.0 Å². The maximum absolute atomic E-state index is 5.23. The van der Waals surface area contributed by atoms with E-state index in [1.165, 1.54) is 5.56 Å². The van der Waals surface area contributed by atoms with E-state index in [1.54, 1.807) is 0 Å². The van der Waals surface area contributed by atoms with Crippen molar-refractivity contribution in [3.8, 4) is 0 Å². The molecule has 0 atom stereocenters. The molecule has 0 radical (unpaired) electrons. The third-order valence-electron chi connectivity index (χ3n) is 2.75. The van der Waals surface area contributed by atoms with Gasteiger partial charge in [-0.05, 0) is 31.2 Å². The SMILES string of the molecule is CCCc1noc(CN(C)Cc2ccc(Br)cc2)n1. The molecular weight excluding hydrogens is 306 g/mol. The van der Waals surface area contributed by atoms with Crippen molar-refractivity contribution in [2.75, 3.05) is 7.05 Å². The van der Waals surface area contributed by atoms with Gasteiger partial charge in [0.2, 0.25) is 5.89 Å². The Hall–Kier alpha value is -1.20. The van der Waals surface area contributed by atoms with Crippen molar-refractivity contribution in [3.63, 3.8) is 0 Å². The van der Waals surface area contributed by atoms with Gasteiger partial charge in [0.25, 0.3) is 0 Å². The van der Waals surface area contributed by atoms with Crippen molar-refractivity contribution in [1.29, 1.82) is 0 Å². The fourth-order valence-corrected chi connectivity index (χ4v) is 2.13. The fourth-order valence-electron chi connectivity index (χ4n) is 1.87. The molecule has 0 saturated heterocycles. The van der Waals surface area contributed by atoms with Crippen LogP contribution in [0.15, 0.2) is 33.3 Å². The third-order valence-corrected chi connectivity index (χ3v) is 3.28. The van der Waals surface area contributed by atoms with Gasteiger partial charge < -0.3 is 4.52 Å². The summed E-state index contributed by atoms with van der Waals surface area (Å²) in [6.07, 6.45) is 1.91. The number of nitrogens with zero attached hydrogens (tertiary/aromatic N) is 3. The predicted molar refractivity (Wildman–Crippen MR) is 77.6 cm³/mol. The number of aromatic nitrogens is 2. The van der Waals surface area contributed by atoms with Crippen molar-refractivity contribution < 1.29 is 4.52 Å². The van der Waals surface area contributed by atoms with Crippen LogP contribution in [0.2, 0.25) is 0 Å². The van der Waals surface area contributed by atoms with Gasteiger partial charge in [-0.1, -0.05) is 40.1 Å². The van der Waals surface area contributed by atoms with E-state index >= 15 is 0 Å². The van der Waals surface area contributed by atoms with Crippen LogP contribution in [0.5, 0.6) is 0 Å². The minimum absolute atomic E-state index is 0.673. The van der Waals surface area contributed by atoms with E-state index in [9.17, 15) is 0 Å². The van der Waals surface area contributed by atoms with Crippen LogP contribution in [-0.2, 0) is 19.5 Å². The van der Waals surface area contributed by atoms with Gasteiger partial charge in [0.15, 0.2) is 5.82 Å². The minimum atomic E-state index is 0.673. The molecule has 4 nitrogen and oxygen atoms in total. The lowest BCUT2D eigenvalue weighted by molar-refractivity contribution is 0.260. The quantitative estimate of drug-likeness (QED) is 0.816. The Morgan fingerprint density at radius 2 is 1.95 bits per heavy atom. The van der Waals surface area contributed by atoms with Crippen LogP contribution in [0.1, 0.15) is 30.6 Å². The van der Waals surface area contributed by atoms with Gasteiger partial charge in [0, 0.05) is 17.4 Å². The topological polar surface area (TPSA) is 42.2 Å². The van der Waals surface area contributed by atoms with Gasteiger partial charge in [-0.3, -0.25) is 4.90 Å².